The number of benzene rings is 1. The van der Waals surface area contributed by atoms with Gasteiger partial charge >= 0.3 is 5.97 Å². The number of carbonyl (C=O) groups is 2. The van der Waals surface area contributed by atoms with Gasteiger partial charge in [0.15, 0.2) is 0 Å². The van der Waals surface area contributed by atoms with E-state index < -0.39 is 0 Å². The zero-order valence-corrected chi connectivity index (χ0v) is 19.4. The highest BCUT2D eigenvalue weighted by atomic mass is 32.2. The first-order chi connectivity index (χ1) is 15.4. The number of anilines is 1. The molecule has 7 nitrogen and oxygen atoms in total. The van der Waals surface area contributed by atoms with Gasteiger partial charge in [-0.15, -0.1) is 0 Å². The van der Waals surface area contributed by atoms with E-state index in [-0.39, 0.29) is 29.1 Å². The van der Waals surface area contributed by atoms with Crippen LogP contribution in [-0.2, 0) is 16.1 Å². The molecular weight excluding hydrogens is 446 g/mol. The lowest BCUT2D eigenvalue weighted by atomic mass is 9.83. The molecular formula is C23H25N3O4S2. The number of likely N-dealkylation sites (tertiary alicyclic amines) is 1. The third-order valence-electron chi connectivity index (χ3n) is 5.74. The highest BCUT2D eigenvalue weighted by molar-refractivity contribution is 8.23. The molecule has 2 aliphatic rings. The fourth-order valence-corrected chi connectivity index (χ4v) is 5.35. The molecule has 168 valence electrons. The number of piperidine rings is 1. The molecule has 0 spiro atoms. The van der Waals surface area contributed by atoms with Gasteiger partial charge < -0.3 is 19.5 Å². The first-order valence-corrected chi connectivity index (χ1v) is 12.0. The third kappa shape index (κ3) is 5.05. The standard InChI is InChI=1S/C23H25N3O4S2/c1-2-30-22(29)16-6-8-18(9-7-16)24-20(27)14-32-23(31)25-11-15-10-17(13-25)19-4-3-5-21(28)26(19)12-15/h3-9,15,17H,2,10-14H2,1H3,(H,24,27)/t15-,17+/m0/s1. The van der Waals surface area contributed by atoms with E-state index in [9.17, 15) is 14.4 Å². The lowest BCUT2D eigenvalue weighted by Crippen LogP contribution is -2.48. The van der Waals surface area contributed by atoms with Crippen molar-refractivity contribution >= 4 is 45.9 Å². The third-order valence-corrected chi connectivity index (χ3v) is 7.27. The van der Waals surface area contributed by atoms with Crippen LogP contribution in [0.4, 0.5) is 5.69 Å². The SMILES string of the molecule is CCOC(=O)c1ccc(NC(=O)CSC(=S)N2C[C@@H]3C[C@H](C2)c2cccc(=O)n2C3)cc1. The predicted octanol–water partition coefficient (Wildman–Crippen LogP) is 3.10. The van der Waals surface area contributed by atoms with Crippen molar-refractivity contribution in [3.8, 4) is 0 Å². The fraction of sp³-hybridized carbons (Fsp3) is 0.391. The van der Waals surface area contributed by atoms with Gasteiger partial charge in [0.1, 0.15) is 4.32 Å². The van der Waals surface area contributed by atoms with Crippen LogP contribution in [0.1, 0.15) is 35.3 Å². The van der Waals surface area contributed by atoms with E-state index in [4.69, 9.17) is 17.0 Å². The molecule has 1 aromatic carbocycles. The number of pyridine rings is 1. The fourth-order valence-electron chi connectivity index (χ4n) is 4.37. The Morgan fingerprint density at radius 2 is 1.94 bits per heavy atom. The molecule has 1 amide bonds. The minimum atomic E-state index is -0.384. The van der Waals surface area contributed by atoms with Crippen molar-refractivity contribution in [2.24, 2.45) is 5.92 Å². The van der Waals surface area contributed by atoms with Crippen molar-refractivity contribution in [2.75, 3.05) is 30.8 Å². The summed E-state index contributed by atoms with van der Waals surface area (Å²) < 4.78 is 7.56. The molecule has 2 bridgehead atoms. The number of fused-ring (bicyclic) bond motifs is 4. The highest BCUT2D eigenvalue weighted by Crippen LogP contribution is 2.36. The Kier molecular flexibility index (Phi) is 6.95. The molecule has 0 radical (unpaired) electrons. The summed E-state index contributed by atoms with van der Waals surface area (Å²) in [5, 5.41) is 2.83. The first kappa shape index (κ1) is 22.5. The van der Waals surface area contributed by atoms with E-state index in [2.05, 4.69) is 10.2 Å². The summed E-state index contributed by atoms with van der Waals surface area (Å²) in [6.07, 6.45) is 1.06. The summed E-state index contributed by atoms with van der Waals surface area (Å²) >= 11 is 6.97. The number of nitrogens with one attached hydrogen (secondary N) is 1. The molecule has 0 aliphatic carbocycles. The highest BCUT2D eigenvalue weighted by Gasteiger charge is 2.35. The van der Waals surface area contributed by atoms with E-state index in [0.717, 1.165) is 31.7 Å². The summed E-state index contributed by atoms with van der Waals surface area (Å²) in [5.74, 6) is 0.328. The molecule has 0 unspecified atom stereocenters. The lowest BCUT2D eigenvalue weighted by molar-refractivity contribution is -0.113. The number of nitrogens with zero attached hydrogens (tertiary/aromatic N) is 2. The van der Waals surface area contributed by atoms with Crippen molar-refractivity contribution in [3.63, 3.8) is 0 Å². The van der Waals surface area contributed by atoms with Crippen LogP contribution in [0.15, 0.2) is 47.3 Å². The van der Waals surface area contributed by atoms with Crippen molar-refractivity contribution in [1.29, 1.82) is 0 Å². The number of hydrogen-bond donors (Lipinski definition) is 1. The maximum absolute atomic E-state index is 12.4. The largest absolute Gasteiger partial charge is 0.462 e. The van der Waals surface area contributed by atoms with Crippen LogP contribution in [0.3, 0.4) is 0 Å². The first-order valence-electron chi connectivity index (χ1n) is 10.6. The summed E-state index contributed by atoms with van der Waals surface area (Å²) in [7, 11) is 0. The second-order valence-corrected chi connectivity index (χ2v) is 9.61. The number of hydrogen-bond acceptors (Lipinski definition) is 6. The smallest absolute Gasteiger partial charge is 0.338 e. The Hall–Kier alpha value is -2.65. The Labute approximate surface area is 196 Å². The molecule has 2 atom stereocenters. The minimum absolute atomic E-state index is 0.0644. The van der Waals surface area contributed by atoms with Crippen molar-refractivity contribution in [1.82, 2.24) is 9.47 Å². The number of rotatable bonds is 5. The monoisotopic (exact) mass is 471 g/mol. The second kappa shape index (κ2) is 9.87. The average molecular weight is 472 g/mol. The summed E-state index contributed by atoms with van der Waals surface area (Å²) in [6.45, 7) is 4.36. The molecule has 2 aromatic rings. The topological polar surface area (TPSA) is 80.6 Å². The summed E-state index contributed by atoms with van der Waals surface area (Å²) in [4.78, 5) is 38.4. The van der Waals surface area contributed by atoms with Gasteiger partial charge in [0.25, 0.3) is 5.56 Å². The molecule has 1 saturated heterocycles. The van der Waals surface area contributed by atoms with Gasteiger partial charge in [-0.1, -0.05) is 30.0 Å². The number of esters is 1. The van der Waals surface area contributed by atoms with Crippen molar-refractivity contribution in [3.05, 3.63) is 64.1 Å². The molecule has 2 aliphatic heterocycles. The van der Waals surface area contributed by atoms with E-state index >= 15 is 0 Å². The van der Waals surface area contributed by atoms with Crippen LogP contribution < -0.4 is 10.9 Å². The number of carbonyl (C=O) groups excluding carboxylic acids is 2. The maximum atomic E-state index is 12.4. The molecule has 4 rings (SSSR count). The van der Waals surface area contributed by atoms with Gasteiger partial charge in [-0.05, 0) is 49.6 Å². The molecule has 9 heteroatoms. The lowest BCUT2D eigenvalue weighted by Gasteiger charge is -2.43. The van der Waals surface area contributed by atoms with E-state index in [1.165, 1.54) is 11.8 Å². The number of amides is 1. The van der Waals surface area contributed by atoms with Crippen LogP contribution in [-0.4, -0.2) is 51.1 Å². The van der Waals surface area contributed by atoms with Gasteiger partial charge in [0.05, 0.1) is 17.9 Å². The Morgan fingerprint density at radius 3 is 2.69 bits per heavy atom. The number of thioether (sulfide) groups is 1. The van der Waals surface area contributed by atoms with Crippen LogP contribution in [0, 0.1) is 5.92 Å². The van der Waals surface area contributed by atoms with Gasteiger partial charge in [0.2, 0.25) is 5.91 Å². The molecule has 3 heterocycles. The zero-order valence-electron chi connectivity index (χ0n) is 17.8. The van der Waals surface area contributed by atoms with Crippen molar-refractivity contribution < 1.29 is 14.3 Å². The van der Waals surface area contributed by atoms with E-state index in [1.54, 1.807) is 37.3 Å². The quantitative estimate of drug-likeness (QED) is 0.530. The molecule has 32 heavy (non-hydrogen) atoms. The minimum Gasteiger partial charge on any atom is -0.462 e. The molecule has 0 saturated carbocycles. The van der Waals surface area contributed by atoms with Gasteiger partial charge in [0, 0.05) is 43.0 Å². The van der Waals surface area contributed by atoms with E-state index in [0.29, 0.717) is 28.1 Å². The van der Waals surface area contributed by atoms with Crippen LogP contribution in [0.25, 0.3) is 0 Å². The summed E-state index contributed by atoms with van der Waals surface area (Å²) in [6, 6.07) is 12.1. The Bertz CT molecular complexity index is 1080. The molecule has 1 N–H and O–H groups in total. The van der Waals surface area contributed by atoms with Crippen LogP contribution in [0.5, 0.6) is 0 Å². The van der Waals surface area contributed by atoms with Crippen molar-refractivity contribution in [2.45, 2.75) is 25.8 Å². The number of ether oxygens (including phenoxy) is 1. The van der Waals surface area contributed by atoms with Gasteiger partial charge in [-0.3, -0.25) is 9.59 Å². The number of thiocarbonyl (C=S) groups is 1. The van der Waals surface area contributed by atoms with Gasteiger partial charge in [-0.2, -0.15) is 0 Å². The Morgan fingerprint density at radius 1 is 1.16 bits per heavy atom. The Balaban J connectivity index is 1.29. The maximum Gasteiger partial charge on any atom is 0.338 e. The number of aromatic nitrogens is 1. The normalized spacial score (nSPS) is 19.1. The molecule has 1 aromatic heterocycles. The second-order valence-electron chi connectivity index (χ2n) is 8.00. The van der Waals surface area contributed by atoms with Gasteiger partial charge in [-0.25, -0.2) is 4.79 Å². The molecule has 1 fully saturated rings. The van der Waals surface area contributed by atoms with E-state index in [1.807, 2.05) is 16.7 Å². The summed E-state index contributed by atoms with van der Waals surface area (Å²) in [5.41, 5.74) is 2.20. The zero-order chi connectivity index (χ0) is 22.7. The van der Waals surface area contributed by atoms with Crippen LogP contribution >= 0.6 is 24.0 Å². The average Bonchev–Trinajstić information content (AvgIpc) is 2.79. The van der Waals surface area contributed by atoms with Crippen LogP contribution in [0.2, 0.25) is 0 Å². The predicted molar refractivity (Wildman–Crippen MR) is 129 cm³/mol.